The molecule has 2 atom stereocenters. The second-order valence-electron chi connectivity index (χ2n) is 6.85. The van der Waals surface area contributed by atoms with Crippen molar-refractivity contribution in [1.29, 1.82) is 0 Å². The molecule has 1 saturated heterocycles. The highest BCUT2D eigenvalue weighted by Gasteiger charge is 2.30. The minimum absolute atomic E-state index is 0.225. The monoisotopic (exact) mass is 302 g/mol. The molecule has 20 heavy (non-hydrogen) atoms. The quantitative estimate of drug-likeness (QED) is 0.866. The van der Waals surface area contributed by atoms with Gasteiger partial charge in [-0.1, -0.05) is 13.8 Å². The SMILES string of the molecule is CCS(=O)(=O)N1CCC(NC2CC(C)CC(C)C2)CC1. The summed E-state index contributed by atoms with van der Waals surface area (Å²) in [4.78, 5) is 0. The van der Waals surface area contributed by atoms with Crippen molar-refractivity contribution in [3.63, 3.8) is 0 Å². The molecule has 0 radical (unpaired) electrons. The number of hydrogen-bond acceptors (Lipinski definition) is 3. The molecule has 118 valence electrons. The van der Waals surface area contributed by atoms with Crippen molar-refractivity contribution in [3.05, 3.63) is 0 Å². The molecule has 0 aromatic carbocycles. The van der Waals surface area contributed by atoms with E-state index in [2.05, 4.69) is 19.2 Å². The Morgan fingerprint density at radius 3 is 2.05 bits per heavy atom. The Labute approximate surface area is 124 Å². The van der Waals surface area contributed by atoms with Crippen LogP contribution >= 0.6 is 0 Å². The van der Waals surface area contributed by atoms with Gasteiger partial charge in [-0.15, -0.1) is 0 Å². The van der Waals surface area contributed by atoms with E-state index in [4.69, 9.17) is 0 Å². The number of rotatable bonds is 4. The van der Waals surface area contributed by atoms with Gasteiger partial charge in [0.25, 0.3) is 0 Å². The lowest BCUT2D eigenvalue weighted by Crippen LogP contribution is -2.49. The van der Waals surface area contributed by atoms with Crippen LogP contribution in [0.1, 0.15) is 52.9 Å². The standard InChI is InChI=1S/C15H30N2O2S/c1-4-20(18,19)17-7-5-14(6-8-17)16-15-10-12(2)9-13(3)11-15/h12-16H,4-11H2,1-3H3. The lowest BCUT2D eigenvalue weighted by Gasteiger charge is -2.37. The summed E-state index contributed by atoms with van der Waals surface area (Å²) in [7, 11) is -2.99. The van der Waals surface area contributed by atoms with Crippen molar-refractivity contribution in [3.8, 4) is 0 Å². The van der Waals surface area contributed by atoms with E-state index in [-0.39, 0.29) is 5.75 Å². The van der Waals surface area contributed by atoms with Gasteiger partial charge < -0.3 is 5.32 Å². The van der Waals surface area contributed by atoms with E-state index in [9.17, 15) is 8.42 Å². The van der Waals surface area contributed by atoms with Crippen LogP contribution in [0.2, 0.25) is 0 Å². The Bertz CT molecular complexity index is 392. The van der Waals surface area contributed by atoms with Gasteiger partial charge in [0.15, 0.2) is 0 Å². The van der Waals surface area contributed by atoms with E-state index in [0.717, 1.165) is 24.7 Å². The molecule has 1 N–H and O–H groups in total. The highest BCUT2D eigenvalue weighted by molar-refractivity contribution is 7.89. The smallest absolute Gasteiger partial charge is 0.213 e. The molecule has 5 heteroatoms. The fourth-order valence-corrected chi connectivity index (χ4v) is 5.03. The van der Waals surface area contributed by atoms with Crippen molar-refractivity contribution in [2.45, 2.75) is 65.0 Å². The first-order valence-corrected chi connectivity index (χ1v) is 9.75. The summed E-state index contributed by atoms with van der Waals surface area (Å²) in [5.41, 5.74) is 0. The Morgan fingerprint density at radius 1 is 1.00 bits per heavy atom. The third-order valence-electron chi connectivity index (χ3n) is 4.86. The highest BCUT2D eigenvalue weighted by atomic mass is 32.2. The number of piperidine rings is 1. The first kappa shape index (κ1) is 16.2. The van der Waals surface area contributed by atoms with Gasteiger partial charge in [0.1, 0.15) is 0 Å². The minimum Gasteiger partial charge on any atom is -0.311 e. The number of nitrogens with one attached hydrogen (secondary N) is 1. The molecule has 2 unspecified atom stereocenters. The average molecular weight is 302 g/mol. The van der Waals surface area contributed by atoms with Gasteiger partial charge in [-0.2, -0.15) is 0 Å². The molecule has 1 heterocycles. The van der Waals surface area contributed by atoms with Gasteiger partial charge in [0, 0.05) is 25.2 Å². The van der Waals surface area contributed by atoms with Crippen LogP contribution in [0.15, 0.2) is 0 Å². The summed E-state index contributed by atoms with van der Waals surface area (Å²) in [6.07, 6.45) is 5.82. The maximum atomic E-state index is 11.8. The van der Waals surface area contributed by atoms with Crippen molar-refractivity contribution in [2.75, 3.05) is 18.8 Å². The van der Waals surface area contributed by atoms with Gasteiger partial charge in [-0.3, -0.25) is 0 Å². The van der Waals surface area contributed by atoms with Crippen LogP contribution in [0.25, 0.3) is 0 Å². The number of hydrogen-bond donors (Lipinski definition) is 1. The molecule has 1 aliphatic heterocycles. The van der Waals surface area contributed by atoms with Crippen LogP contribution in [-0.4, -0.2) is 43.6 Å². The molecule has 0 aromatic heterocycles. The summed E-state index contributed by atoms with van der Waals surface area (Å²) in [5.74, 6) is 1.86. The third kappa shape index (κ3) is 4.18. The van der Waals surface area contributed by atoms with Gasteiger partial charge >= 0.3 is 0 Å². The second kappa shape index (κ2) is 6.75. The Kier molecular flexibility index (Phi) is 5.49. The van der Waals surface area contributed by atoms with Crippen LogP contribution < -0.4 is 5.32 Å². The molecule has 4 nitrogen and oxygen atoms in total. The van der Waals surface area contributed by atoms with Crippen LogP contribution in [0.5, 0.6) is 0 Å². The van der Waals surface area contributed by atoms with Crippen LogP contribution in [0, 0.1) is 11.8 Å². The molecule has 0 bridgehead atoms. The molecular formula is C15H30N2O2S. The molecule has 1 aliphatic carbocycles. The molecular weight excluding hydrogens is 272 g/mol. The van der Waals surface area contributed by atoms with E-state index in [1.165, 1.54) is 19.3 Å². The fourth-order valence-electron chi connectivity index (χ4n) is 3.90. The molecule has 0 spiro atoms. The second-order valence-corrected chi connectivity index (χ2v) is 9.11. The number of nitrogens with zero attached hydrogens (tertiary/aromatic N) is 1. The first-order valence-electron chi connectivity index (χ1n) is 8.14. The predicted octanol–water partition coefficient (Wildman–Crippen LogP) is 2.21. The average Bonchev–Trinajstić information content (AvgIpc) is 2.38. The number of sulfonamides is 1. The first-order chi connectivity index (χ1) is 9.40. The lowest BCUT2D eigenvalue weighted by molar-refractivity contribution is 0.201. The maximum Gasteiger partial charge on any atom is 0.213 e. The van der Waals surface area contributed by atoms with E-state index in [0.29, 0.717) is 25.2 Å². The van der Waals surface area contributed by atoms with Gasteiger partial charge in [-0.05, 0) is 50.9 Å². The lowest BCUT2D eigenvalue weighted by atomic mass is 9.80. The molecule has 2 fully saturated rings. The van der Waals surface area contributed by atoms with Crippen molar-refractivity contribution >= 4 is 10.0 Å². The van der Waals surface area contributed by atoms with Gasteiger partial charge in [-0.25, -0.2) is 12.7 Å². The van der Waals surface area contributed by atoms with Gasteiger partial charge in [0.05, 0.1) is 5.75 Å². The summed E-state index contributed by atoms with van der Waals surface area (Å²) in [5, 5.41) is 3.79. The van der Waals surface area contributed by atoms with Crippen LogP contribution in [0.4, 0.5) is 0 Å². The summed E-state index contributed by atoms with van der Waals surface area (Å²) in [6.45, 7) is 7.79. The summed E-state index contributed by atoms with van der Waals surface area (Å²) < 4.78 is 25.3. The Morgan fingerprint density at radius 2 is 1.55 bits per heavy atom. The van der Waals surface area contributed by atoms with Crippen molar-refractivity contribution < 1.29 is 8.42 Å². The molecule has 0 aromatic rings. The molecule has 0 amide bonds. The van der Waals surface area contributed by atoms with Crippen molar-refractivity contribution in [1.82, 2.24) is 9.62 Å². The maximum absolute atomic E-state index is 11.8. The highest BCUT2D eigenvalue weighted by Crippen LogP contribution is 2.29. The van der Waals surface area contributed by atoms with Crippen LogP contribution in [0.3, 0.4) is 0 Å². The normalized spacial score (nSPS) is 34.2. The van der Waals surface area contributed by atoms with E-state index >= 15 is 0 Å². The molecule has 2 aliphatic rings. The van der Waals surface area contributed by atoms with Crippen LogP contribution in [-0.2, 0) is 10.0 Å². The van der Waals surface area contributed by atoms with E-state index in [1.807, 2.05) is 0 Å². The largest absolute Gasteiger partial charge is 0.311 e. The van der Waals surface area contributed by atoms with Gasteiger partial charge in [0.2, 0.25) is 10.0 Å². The zero-order valence-electron chi connectivity index (χ0n) is 13.1. The van der Waals surface area contributed by atoms with E-state index < -0.39 is 10.0 Å². The Balaban J connectivity index is 1.80. The van der Waals surface area contributed by atoms with Crippen molar-refractivity contribution in [2.24, 2.45) is 11.8 Å². The zero-order chi connectivity index (χ0) is 14.8. The third-order valence-corrected chi connectivity index (χ3v) is 6.74. The molecule has 1 saturated carbocycles. The zero-order valence-corrected chi connectivity index (χ0v) is 14.0. The topological polar surface area (TPSA) is 49.4 Å². The summed E-state index contributed by atoms with van der Waals surface area (Å²) >= 11 is 0. The minimum atomic E-state index is -2.99. The fraction of sp³-hybridized carbons (Fsp3) is 1.00. The molecule has 2 rings (SSSR count). The van der Waals surface area contributed by atoms with E-state index in [1.54, 1.807) is 11.2 Å². The summed E-state index contributed by atoms with van der Waals surface area (Å²) in [6, 6.07) is 1.13. The Hall–Kier alpha value is -0.130. The predicted molar refractivity (Wildman–Crippen MR) is 83.2 cm³/mol.